The number of aliphatic hydroxyl groups excluding tert-OH is 1. The van der Waals surface area contributed by atoms with E-state index in [0.29, 0.717) is 13.2 Å². The van der Waals surface area contributed by atoms with Gasteiger partial charge in [-0.3, -0.25) is 0 Å². The third-order valence-electron chi connectivity index (χ3n) is 4.94. The molecule has 1 aliphatic heterocycles. The van der Waals surface area contributed by atoms with Gasteiger partial charge in [0.25, 0.3) is 0 Å². The molecule has 3 fully saturated rings. The Bertz CT molecular complexity index is 287. The van der Waals surface area contributed by atoms with Gasteiger partial charge in [-0.05, 0) is 32.2 Å². The largest absolute Gasteiger partial charge is 0.391 e. The van der Waals surface area contributed by atoms with E-state index in [9.17, 15) is 5.11 Å². The molecule has 4 heteroatoms. The van der Waals surface area contributed by atoms with Crippen LogP contribution >= 0.6 is 0 Å². The molecule has 2 aliphatic carbocycles. The van der Waals surface area contributed by atoms with Crippen molar-refractivity contribution in [2.24, 2.45) is 5.92 Å². The molecular formula is C14H25NO3. The predicted molar refractivity (Wildman–Crippen MR) is 68.3 cm³/mol. The Balaban J connectivity index is 1.61. The van der Waals surface area contributed by atoms with Crippen molar-refractivity contribution in [2.75, 3.05) is 26.8 Å². The summed E-state index contributed by atoms with van der Waals surface area (Å²) in [6, 6.07) is 0.192. The van der Waals surface area contributed by atoms with E-state index in [4.69, 9.17) is 9.47 Å². The molecule has 0 radical (unpaired) electrons. The molecule has 1 heterocycles. The summed E-state index contributed by atoms with van der Waals surface area (Å²) in [6.45, 7) is 2.52. The number of hydrogen-bond acceptors (Lipinski definition) is 4. The maximum absolute atomic E-state index is 10.2. The van der Waals surface area contributed by atoms with Gasteiger partial charge in [-0.2, -0.15) is 0 Å². The summed E-state index contributed by atoms with van der Waals surface area (Å²) >= 11 is 0. The fourth-order valence-electron chi connectivity index (χ4n) is 3.54. The minimum Gasteiger partial charge on any atom is -0.391 e. The highest BCUT2D eigenvalue weighted by molar-refractivity contribution is 4.93. The van der Waals surface area contributed by atoms with Gasteiger partial charge < -0.3 is 19.5 Å². The first-order chi connectivity index (χ1) is 8.69. The SMILES string of the molecule is CN(CC1CCC1)C1CC2(CCC1O)OCCO2. The summed E-state index contributed by atoms with van der Waals surface area (Å²) in [7, 11) is 2.14. The third kappa shape index (κ3) is 2.44. The van der Waals surface area contributed by atoms with E-state index in [1.807, 2.05) is 0 Å². The summed E-state index contributed by atoms with van der Waals surface area (Å²) < 4.78 is 11.6. The van der Waals surface area contributed by atoms with Gasteiger partial charge in [0.1, 0.15) is 0 Å². The molecule has 3 aliphatic rings. The van der Waals surface area contributed by atoms with Crippen LogP contribution in [-0.4, -0.2) is 54.7 Å². The number of aliphatic hydroxyl groups is 1. The highest BCUT2D eigenvalue weighted by Gasteiger charge is 2.46. The normalized spacial score (nSPS) is 36.2. The number of hydrogen-bond donors (Lipinski definition) is 1. The van der Waals surface area contributed by atoms with Crippen molar-refractivity contribution in [1.29, 1.82) is 0 Å². The lowest BCUT2D eigenvalue weighted by Crippen LogP contribution is -2.53. The van der Waals surface area contributed by atoms with Gasteiger partial charge in [-0.25, -0.2) is 0 Å². The van der Waals surface area contributed by atoms with Gasteiger partial charge in [-0.1, -0.05) is 6.42 Å². The van der Waals surface area contributed by atoms with Crippen LogP contribution in [0.1, 0.15) is 38.5 Å². The van der Waals surface area contributed by atoms with Gasteiger partial charge in [-0.15, -0.1) is 0 Å². The number of nitrogens with zero attached hydrogens (tertiary/aromatic N) is 1. The zero-order chi connectivity index (χ0) is 12.6. The fourth-order valence-corrected chi connectivity index (χ4v) is 3.54. The van der Waals surface area contributed by atoms with Crippen molar-refractivity contribution in [3.05, 3.63) is 0 Å². The molecule has 2 saturated carbocycles. The maximum Gasteiger partial charge on any atom is 0.170 e. The van der Waals surface area contributed by atoms with Crippen LogP contribution in [0.25, 0.3) is 0 Å². The van der Waals surface area contributed by atoms with Gasteiger partial charge in [0.15, 0.2) is 5.79 Å². The molecule has 0 amide bonds. The third-order valence-corrected chi connectivity index (χ3v) is 4.94. The molecule has 1 N–H and O–H groups in total. The fraction of sp³-hybridized carbons (Fsp3) is 1.00. The smallest absolute Gasteiger partial charge is 0.170 e. The number of likely N-dealkylation sites (N-methyl/N-ethyl adjacent to an activating group) is 1. The first kappa shape index (κ1) is 12.9. The molecule has 4 nitrogen and oxygen atoms in total. The second kappa shape index (κ2) is 5.08. The van der Waals surface area contributed by atoms with Crippen LogP contribution in [0.5, 0.6) is 0 Å². The minimum atomic E-state index is -0.391. The van der Waals surface area contributed by atoms with E-state index in [0.717, 1.165) is 31.7 Å². The number of rotatable bonds is 3. The maximum atomic E-state index is 10.2. The highest BCUT2D eigenvalue weighted by Crippen LogP contribution is 2.38. The topological polar surface area (TPSA) is 41.9 Å². The van der Waals surface area contributed by atoms with E-state index in [1.54, 1.807) is 0 Å². The summed E-state index contributed by atoms with van der Waals surface area (Å²) in [5, 5.41) is 10.2. The molecule has 18 heavy (non-hydrogen) atoms. The van der Waals surface area contributed by atoms with Crippen molar-refractivity contribution >= 4 is 0 Å². The average molecular weight is 255 g/mol. The molecule has 2 atom stereocenters. The van der Waals surface area contributed by atoms with Gasteiger partial charge in [0, 0.05) is 25.4 Å². The van der Waals surface area contributed by atoms with Crippen LogP contribution < -0.4 is 0 Å². The van der Waals surface area contributed by atoms with Gasteiger partial charge >= 0.3 is 0 Å². The summed E-state index contributed by atoms with van der Waals surface area (Å²) in [6.07, 6.45) is 6.30. The van der Waals surface area contributed by atoms with Crippen LogP contribution in [0.15, 0.2) is 0 Å². The lowest BCUT2D eigenvalue weighted by atomic mass is 9.82. The van der Waals surface area contributed by atoms with Crippen molar-refractivity contribution < 1.29 is 14.6 Å². The van der Waals surface area contributed by atoms with E-state index < -0.39 is 5.79 Å². The zero-order valence-corrected chi connectivity index (χ0v) is 11.3. The molecular weight excluding hydrogens is 230 g/mol. The quantitative estimate of drug-likeness (QED) is 0.827. The lowest BCUT2D eigenvalue weighted by Gasteiger charge is -2.44. The minimum absolute atomic E-state index is 0.192. The van der Waals surface area contributed by atoms with E-state index >= 15 is 0 Å². The van der Waals surface area contributed by atoms with Crippen molar-refractivity contribution in [3.8, 4) is 0 Å². The second-order valence-corrected chi connectivity index (χ2v) is 6.22. The molecule has 0 bridgehead atoms. The lowest BCUT2D eigenvalue weighted by molar-refractivity contribution is -0.204. The van der Waals surface area contributed by atoms with Crippen LogP contribution in [0.2, 0.25) is 0 Å². The predicted octanol–water partition coefficient (Wildman–Crippen LogP) is 1.37. The van der Waals surface area contributed by atoms with Crippen molar-refractivity contribution in [1.82, 2.24) is 4.90 Å². The Morgan fingerprint density at radius 1 is 1.22 bits per heavy atom. The standard InChI is InChI=1S/C14H25NO3/c1-15(10-11-3-2-4-11)12-9-14(6-5-13(12)16)17-7-8-18-14/h11-13,16H,2-10H2,1H3. The van der Waals surface area contributed by atoms with E-state index in [-0.39, 0.29) is 12.1 Å². The van der Waals surface area contributed by atoms with E-state index in [1.165, 1.54) is 19.3 Å². The molecule has 0 aromatic rings. The zero-order valence-electron chi connectivity index (χ0n) is 11.3. The Kier molecular flexibility index (Phi) is 3.63. The molecule has 1 saturated heterocycles. The van der Waals surface area contributed by atoms with Crippen LogP contribution in [0.4, 0.5) is 0 Å². The van der Waals surface area contributed by atoms with Crippen LogP contribution in [0, 0.1) is 5.92 Å². The molecule has 104 valence electrons. The molecule has 2 unspecified atom stereocenters. The molecule has 0 aromatic heterocycles. The van der Waals surface area contributed by atoms with Crippen LogP contribution in [0.3, 0.4) is 0 Å². The first-order valence-corrected chi connectivity index (χ1v) is 7.35. The highest BCUT2D eigenvalue weighted by atomic mass is 16.7. The Morgan fingerprint density at radius 2 is 1.94 bits per heavy atom. The molecule has 3 rings (SSSR count). The Hall–Kier alpha value is -0.160. The van der Waals surface area contributed by atoms with Crippen LogP contribution in [-0.2, 0) is 9.47 Å². The van der Waals surface area contributed by atoms with Crippen molar-refractivity contribution in [2.45, 2.75) is 56.5 Å². The summed E-state index contributed by atoms with van der Waals surface area (Å²) in [4.78, 5) is 2.33. The second-order valence-electron chi connectivity index (χ2n) is 6.22. The van der Waals surface area contributed by atoms with Gasteiger partial charge in [0.2, 0.25) is 0 Å². The Morgan fingerprint density at radius 3 is 2.56 bits per heavy atom. The average Bonchev–Trinajstić information content (AvgIpc) is 2.76. The Labute approximate surface area is 109 Å². The monoisotopic (exact) mass is 255 g/mol. The summed E-state index contributed by atoms with van der Waals surface area (Å²) in [5.74, 6) is 0.447. The van der Waals surface area contributed by atoms with Crippen molar-refractivity contribution in [3.63, 3.8) is 0 Å². The van der Waals surface area contributed by atoms with E-state index in [2.05, 4.69) is 11.9 Å². The molecule has 1 spiro atoms. The van der Waals surface area contributed by atoms with Gasteiger partial charge in [0.05, 0.1) is 19.3 Å². The first-order valence-electron chi connectivity index (χ1n) is 7.35. The summed E-state index contributed by atoms with van der Waals surface area (Å²) in [5.41, 5.74) is 0. The number of ether oxygens (including phenoxy) is 2. The molecule has 0 aromatic carbocycles.